The van der Waals surface area contributed by atoms with Gasteiger partial charge in [-0.25, -0.2) is 9.98 Å². The van der Waals surface area contributed by atoms with Crippen LogP contribution in [0.3, 0.4) is 0 Å². The second kappa shape index (κ2) is 9.96. The van der Waals surface area contributed by atoms with Crippen molar-refractivity contribution in [3.05, 3.63) is 120 Å². The Bertz CT molecular complexity index is 2090. The van der Waals surface area contributed by atoms with Gasteiger partial charge >= 0.3 is 0 Å². The lowest BCUT2D eigenvalue weighted by atomic mass is 10.1. The largest absolute Gasteiger partial charge is 0.354 e. The molecule has 0 amide bonds. The van der Waals surface area contributed by atoms with Crippen LogP contribution in [0, 0.1) is 22.7 Å². The number of aromatic amines is 2. The van der Waals surface area contributed by atoms with Crippen LogP contribution in [0.4, 0.5) is 0 Å². The van der Waals surface area contributed by atoms with E-state index in [-0.39, 0.29) is 11.4 Å². The summed E-state index contributed by atoms with van der Waals surface area (Å²) in [4.78, 5) is 16.1. The minimum Gasteiger partial charge on any atom is -0.354 e. The van der Waals surface area contributed by atoms with Crippen LogP contribution >= 0.6 is 0 Å². The number of benzene rings is 4. The highest BCUT2D eigenvalue weighted by Crippen LogP contribution is 2.30. The molecule has 0 unspecified atom stereocenters. The number of nitriles is 2. The van der Waals surface area contributed by atoms with Crippen molar-refractivity contribution < 1.29 is 0 Å². The molecule has 4 aromatic carbocycles. The summed E-state index contributed by atoms with van der Waals surface area (Å²) >= 11 is 0. The number of nitrogens with one attached hydrogen (secondary N) is 2. The Balaban J connectivity index is 1.26. The summed E-state index contributed by atoms with van der Waals surface area (Å²) in [5, 5.41) is 24.1. The molecule has 6 nitrogen and oxygen atoms in total. The van der Waals surface area contributed by atoms with Crippen molar-refractivity contribution >= 4 is 67.2 Å². The van der Waals surface area contributed by atoms with Gasteiger partial charge in [-0.15, -0.1) is 0 Å². The monoisotopic (exact) mass is 526 g/mol. The maximum Gasteiger partial charge on any atom is 0.177 e. The summed E-state index contributed by atoms with van der Waals surface area (Å²) in [5.41, 5.74) is 7.55. The molecule has 0 saturated heterocycles. The normalized spacial score (nSPS) is 14.2. The van der Waals surface area contributed by atoms with Gasteiger partial charge in [0.1, 0.15) is 12.1 Å². The predicted octanol–water partition coefficient (Wildman–Crippen LogP) is 8.23. The highest BCUT2D eigenvalue weighted by Gasteiger charge is 2.14. The maximum absolute atomic E-state index is 9.74. The zero-order valence-corrected chi connectivity index (χ0v) is 21.9. The molecular weight excluding hydrogens is 504 g/mol. The smallest absolute Gasteiger partial charge is 0.177 e. The number of aromatic nitrogens is 2. The molecule has 0 bridgehead atoms. The van der Waals surface area contributed by atoms with Crippen LogP contribution in [-0.4, -0.2) is 21.4 Å². The number of fused-ring (bicyclic) bond motifs is 6. The van der Waals surface area contributed by atoms with Crippen molar-refractivity contribution in [3.8, 4) is 12.1 Å². The lowest BCUT2D eigenvalue weighted by Crippen LogP contribution is -2.02. The lowest BCUT2D eigenvalue weighted by molar-refractivity contribution is 1.27. The number of allylic oxidation sites excluding steroid dienone is 4. The molecule has 1 aliphatic rings. The first kappa shape index (κ1) is 24.1. The van der Waals surface area contributed by atoms with E-state index in [9.17, 15) is 10.5 Å². The number of nitrogens with zero attached hydrogens (tertiary/aromatic N) is 4. The Labute approximate surface area is 235 Å². The van der Waals surface area contributed by atoms with Crippen LogP contribution in [0.5, 0.6) is 0 Å². The van der Waals surface area contributed by atoms with Gasteiger partial charge in [0.05, 0.1) is 11.0 Å². The molecule has 0 saturated carbocycles. The van der Waals surface area contributed by atoms with Crippen LogP contribution in [0.15, 0.2) is 118 Å². The number of para-hydroxylation sites is 4. The van der Waals surface area contributed by atoms with Crippen molar-refractivity contribution in [1.29, 1.82) is 10.5 Å². The fourth-order valence-electron chi connectivity index (χ4n) is 5.45. The molecule has 6 aromatic rings. The first-order valence-corrected chi connectivity index (χ1v) is 13.3. The van der Waals surface area contributed by atoms with Gasteiger partial charge in [0, 0.05) is 50.4 Å². The van der Waals surface area contributed by atoms with Crippen molar-refractivity contribution in [2.24, 2.45) is 9.98 Å². The van der Waals surface area contributed by atoms with Gasteiger partial charge in [-0.2, -0.15) is 10.5 Å². The van der Waals surface area contributed by atoms with Gasteiger partial charge in [-0.3, -0.25) is 0 Å². The minimum atomic E-state index is 0.0112. The van der Waals surface area contributed by atoms with Gasteiger partial charge in [0.2, 0.25) is 0 Å². The Morgan fingerprint density at radius 1 is 0.537 bits per heavy atom. The molecule has 6 heteroatoms. The third-order valence-corrected chi connectivity index (χ3v) is 7.37. The minimum absolute atomic E-state index is 0.0112. The van der Waals surface area contributed by atoms with Gasteiger partial charge in [-0.1, -0.05) is 84.9 Å². The summed E-state index contributed by atoms with van der Waals surface area (Å²) in [6, 6.07) is 32.9. The molecule has 2 aromatic heterocycles. The van der Waals surface area contributed by atoms with E-state index in [1.807, 2.05) is 85.0 Å². The van der Waals surface area contributed by atoms with Crippen molar-refractivity contribution in [2.75, 3.05) is 0 Å². The fraction of sp³-hybridized carbons (Fsp3) is 0.0286. The van der Waals surface area contributed by atoms with Gasteiger partial charge < -0.3 is 9.97 Å². The standard InChI is InChI=1S/C35H22N6/c36-20-32-33(21-37)39-25(18-16-23-8-6-12-29-27-10-2-4-14-31(27)41-35(23)29)19-24(38-32)17-15-22-7-5-11-28-26-9-1-3-13-30(26)40-34(22)28/h1-18,40-41H,19H2. The zero-order chi connectivity index (χ0) is 27.8. The maximum atomic E-state index is 9.74. The second-order valence-electron chi connectivity index (χ2n) is 9.85. The SMILES string of the molecule is N#CC1=C(C#N)N=C(C=Cc2cccc3c2[nH]c2ccccc23)CC(C=Cc2cccc3c2[nH]c2ccccc23)=N1. The predicted molar refractivity (Wildman–Crippen MR) is 167 cm³/mol. The van der Waals surface area contributed by atoms with E-state index in [1.54, 1.807) is 0 Å². The summed E-state index contributed by atoms with van der Waals surface area (Å²) in [5.74, 6) is 0. The molecule has 3 heterocycles. The number of hydrogen-bond acceptors (Lipinski definition) is 4. The average molecular weight is 527 g/mol. The Morgan fingerprint density at radius 3 is 1.44 bits per heavy atom. The number of aliphatic imine (C=N–C) groups is 2. The van der Waals surface area contributed by atoms with E-state index >= 15 is 0 Å². The molecule has 2 N–H and O–H groups in total. The third kappa shape index (κ3) is 4.30. The van der Waals surface area contributed by atoms with Crippen LogP contribution in [0.2, 0.25) is 0 Å². The number of hydrogen-bond donors (Lipinski definition) is 2. The second-order valence-corrected chi connectivity index (χ2v) is 9.85. The highest BCUT2D eigenvalue weighted by molar-refractivity contribution is 6.18. The summed E-state index contributed by atoms with van der Waals surface area (Å²) < 4.78 is 0. The fourth-order valence-corrected chi connectivity index (χ4v) is 5.45. The quantitative estimate of drug-likeness (QED) is 0.242. The molecular formula is C35H22N6. The Kier molecular flexibility index (Phi) is 5.85. The first-order chi connectivity index (χ1) is 20.2. The third-order valence-electron chi connectivity index (χ3n) is 7.37. The van der Waals surface area contributed by atoms with E-state index in [0.29, 0.717) is 17.8 Å². The summed E-state index contributed by atoms with van der Waals surface area (Å²) in [7, 11) is 0. The number of rotatable bonds is 4. The van der Waals surface area contributed by atoms with Crippen LogP contribution in [0.1, 0.15) is 17.5 Å². The molecule has 7 rings (SSSR count). The summed E-state index contributed by atoms with van der Waals surface area (Å²) in [6.07, 6.45) is 8.17. The molecule has 41 heavy (non-hydrogen) atoms. The van der Waals surface area contributed by atoms with Crippen molar-refractivity contribution in [2.45, 2.75) is 6.42 Å². The number of H-pyrrole nitrogens is 2. The molecule has 0 radical (unpaired) electrons. The molecule has 1 aliphatic heterocycles. The Hall–Kier alpha value is -5.98. The Morgan fingerprint density at radius 2 is 0.976 bits per heavy atom. The van der Waals surface area contributed by atoms with Gasteiger partial charge in [0.15, 0.2) is 11.4 Å². The average Bonchev–Trinajstić information content (AvgIpc) is 3.53. The highest BCUT2D eigenvalue weighted by atomic mass is 14.9. The molecule has 0 fully saturated rings. The topological polar surface area (TPSA) is 104 Å². The van der Waals surface area contributed by atoms with Crippen LogP contribution < -0.4 is 0 Å². The van der Waals surface area contributed by atoms with E-state index in [0.717, 1.165) is 44.0 Å². The van der Waals surface area contributed by atoms with E-state index in [1.165, 1.54) is 10.8 Å². The van der Waals surface area contributed by atoms with Gasteiger partial charge in [-0.05, 0) is 35.4 Å². The molecule has 192 valence electrons. The van der Waals surface area contributed by atoms with E-state index in [4.69, 9.17) is 0 Å². The molecule has 0 atom stereocenters. The summed E-state index contributed by atoms with van der Waals surface area (Å²) in [6.45, 7) is 0. The van der Waals surface area contributed by atoms with Crippen molar-refractivity contribution in [3.63, 3.8) is 0 Å². The van der Waals surface area contributed by atoms with Crippen LogP contribution in [0.25, 0.3) is 55.8 Å². The van der Waals surface area contributed by atoms with Crippen molar-refractivity contribution in [1.82, 2.24) is 9.97 Å². The van der Waals surface area contributed by atoms with Crippen LogP contribution in [-0.2, 0) is 0 Å². The molecule has 0 spiro atoms. The van der Waals surface area contributed by atoms with Gasteiger partial charge in [0.25, 0.3) is 0 Å². The first-order valence-electron chi connectivity index (χ1n) is 13.3. The van der Waals surface area contributed by atoms with E-state index < -0.39 is 0 Å². The van der Waals surface area contributed by atoms with E-state index in [2.05, 4.69) is 56.4 Å². The zero-order valence-electron chi connectivity index (χ0n) is 21.9. The lowest BCUT2D eigenvalue weighted by Gasteiger charge is -2.02. The molecule has 0 aliphatic carbocycles.